The number of carboxylic acid groups (broad SMARTS) is 1. The SMILES string of the molecule is COc1nscc1C(F)C(=O)O. The molecule has 12 heavy (non-hydrogen) atoms. The first kappa shape index (κ1) is 8.92. The number of hydrogen-bond donors (Lipinski definition) is 1. The van der Waals surface area contributed by atoms with E-state index < -0.39 is 12.1 Å². The third-order valence-corrected chi connectivity index (χ3v) is 1.88. The maximum atomic E-state index is 12.8. The van der Waals surface area contributed by atoms with Gasteiger partial charge in [-0.05, 0) is 11.5 Å². The van der Waals surface area contributed by atoms with Gasteiger partial charge in [0.15, 0.2) is 0 Å². The van der Waals surface area contributed by atoms with Crippen LogP contribution in [-0.4, -0.2) is 22.6 Å². The largest absolute Gasteiger partial charge is 0.480 e. The Morgan fingerprint density at radius 2 is 2.58 bits per heavy atom. The van der Waals surface area contributed by atoms with Gasteiger partial charge in [0.2, 0.25) is 12.1 Å². The molecular weight excluding hydrogens is 185 g/mol. The summed E-state index contributed by atoms with van der Waals surface area (Å²) < 4.78 is 21.1. The second-order valence-electron chi connectivity index (χ2n) is 1.98. The highest BCUT2D eigenvalue weighted by Crippen LogP contribution is 2.28. The van der Waals surface area contributed by atoms with Gasteiger partial charge >= 0.3 is 5.97 Å². The predicted octanol–water partition coefficient (Wildman–Crippen LogP) is 1.25. The fourth-order valence-corrected chi connectivity index (χ4v) is 1.35. The van der Waals surface area contributed by atoms with Gasteiger partial charge in [-0.2, -0.15) is 4.37 Å². The number of hydrogen-bond acceptors (Lipinski definition) is 4. The van der Waals surface area contributed by atoms with E-state index in [1.54, 1.807) is 0 Å². The Labute approximate surface area is 71.8 Å². The molecule has 4 nitrogen and oxygen atoms in total. The Kier molecular flexibility index (Phi) is 2.59. The Balaban J connectivity index is 2.93. The van der Waals surface area contributed by atoms with Crippen LogP contribution in [0.1, 0.15) is 11.7 Å². The van der Waals surface area contributed by atoms with Crippen LogP contribution in [0.15, 0.2) is 5.38 Å². The van der Waals surface area contributed by atoms with Crippen molar-refractivity contribution in [1.29, 1.82) is 0 Å². The minimum atomic E-state index is -2.06. The summed E-state index contributed by atoms with van der Waals surface area (Å²) in [5, 5.41) is 9.64. The minimum Gasteiger partial charge on any atom is -0.480 e. The molecule has 1 unspecified atom stereocenters. The van der Waals surface area contributed by atoms with Gasteiger partial charge in [0.05, 0.1) is 12.7 Å². The zero-order chi connectivity index (χ0) is 9.14. The normalized spacial score (nSPS) is 12.5. The zero-order valence-electron chi connectivity index (χ0n) is 6.15. The highest BCUT2D eigenvalue weighted by molar-refractivity contribution is 7.03. The molecule has 1 rings (SSSR count). The number of methoxy groups -OCH3 is 1. The van der Waals surface area contributed by atoms with Gasteiger partial charge in [0.1, 0.15) is 0 Å². The molecule has 0 amide bonds. The monoisotopic (exact) mass is 191 g/mol. The maximum Gasteiger partial charge on any atom is 0.343 e. The van der Waals surface area contributed by atoms with E-state index in [1.807, 2.05) is 0 Å². The molecule has 0 saturated heterocycles. The molecular formula is C6H6FNO3S. The second-order valence-corrected chi connectivity index (χ2v) is 2.61. The van der Waals surface area contributed by atoms with Crippen LogP contribution in [0.4, 0.5) is 4.39 Å². The Hall–Kier alpha value is -1.17. The lowest BCUT2D eigenvalue weighted by Gasteiger charge is -2.01. The van der Waals surface area contributed by atoms with Crippen LogP contribution < -0.4 is 4.74 Å². The average molecular weight is 191 g/mol. The highest BCUT2D eigenvalue weighted by atomic mass is 32.1. The van der Waals surface area contributed by atoms with Crippen molar-refractivity contribution in [2.75, 3.05) is 7.11 Å². The van der Waals surface area contributed by atoms with Crippen molar-refractivity contribution in [3.63, 3.8) is 0 Å². The standard InChI is InChI=1S/C6H6FNO3S/c1-11-5-3(2-12-8-5)4(7)6(9)10/h2,4H,1H3,(H,9,10). The topological polar surface area (TPSA) is 59.4 Å². The fraction of sp³-hybridized carbons (Fsp3) is 0.333. The quantitative estimate of drug-likeness (QED) is 0.781. The summed E-state index contributed by atoms with van der Waals surface area (Å²) in [6, 6.07) is 0. The number of nitrogens with zero attached hydrogens (tertiary/aromatic N) is 1. The summed E-state index contributed by atoms with van der Waals surface area (Å²) in [5.74, 6) is -1.50. The summed E-state index contributed by atoms with van der Waals surface area (Å²) in [6.07, 6.45) is -2.06. The fourth-order valence-electron chi connectivity index (χ4n) is 0.690. The lowest BCUT2D eigenvalue weighted by atomic mass is 10.2. The van der Waals surface area contributed by atoms with Crippen molar-refractivity contribution in [2.45, 2.75) is 6.17 Å². The van der Waals surface area contributed by atoms with Gasteiger partial charge in [-0.25, -0.2) is 9.18 Å². The number of alkyl halides is 1. The molecule has 0 bridgehead atoms. The molecule has 66 valence electrons. The van der Waals surface area contributed by atoms with Crippen LogP contribution in [0.2, 0.25) is 0 Å². The summed E-state index contributed by atoms with van der Waals surface area (Å²) in [7, 11) is 1.31. The molecule has 0 fully saturated rings. The smallest absolute Gasteiger partial charge is 0.343 e. The molecule has 6 heteroatoms. The number of carbonyl (C=O) groups is 1. The minimum absolute atomic E-state index is 0.0324. The van der Waals surface area contributed by atoms with E-state index in [4.69, 9.17) is 5.11 Å². The maximum absolute atomic E-state index is 12.8. The Morgan fingerprint density at radius 1 is 1.92 bits per heavy atom. The lowest BCUT2D eigenvalue weighted by Crippen LogP contribution is -2.06. The van der Waals surface area contributed by atoms with E-state index in [9.17, 15) is 9.18 Å². The molecule has 0 aliphatic heterocycles. The summed E-state index contributed by atoms with van der Waals surface area (Å²) >= 11 is 0.958. The van der Waals surface area contributed by atoms with Crippen molar-refractivity contribution < 1.29 is 19.0 Å². The summed E-state index contributed by atoms with van der Waals surface area (Å²) in [4.78, 5) is 10.2. The number of rotatable bonds is 3. The molecule has 1 heterocycles. The molecule has 1 N–H and O–H groups in total. The number of aliphatic carboxylic acids is 1. The predicted molar refractivity (Wildman–Crippen MR) is 40.2 cm³/mol. The molecule has 0 radical (unpaired) electrons. The number of ether oxygens (including phenoxy) is 1. The van der Waals surface area contributed by atoms with E-state index in [0.717, 1.165) is 11.5 Å². The van der Waals surface area contributed by atoms with Gasteiger partial charge in [-0.3, -0.25) is 0 Å². The van der Waals surface area contributed by atoms with Crippen LogP contribution in [0.3, 0.4) is 0 Å². The van der Waals surface area contributed by atoms with Crippen molar-refractivity contribution in [1.82, 2.24) is 4.37 Å². The van der Waals surface area contributed by atoms with E-state index in [1.165, 1.54) is 12.5 Å². The summed E-state index contributed by atoms with van der Waals surface area (Å²) in [6.45, 7) is 0. The molecule has 1 aromatic rings. The van der Waals surface area contributed by atoms with Crippen LogP contribution in [0.5, 0.6) is 5.88 Å². The third kappa shape index (κ3) is 1.53. The van der Waals surface area contributed by atoms with Crippen LogP contribution in [0.25, 0.3) is 0 Å². The highest BCUT2D eigenvalue weighted by Gasteiger charge is 2.24. The van der Waals surface area contributed by atoms with Crippen molar-refractivity contribution in [3.05, 3.63) is 10.9 Å². The average Bonchev–Trinajstić information content (AvgIpc) is 2.49. The van der Waals surface area contributed by atoms with Gasteiger partial charge in [-0.1, -0.05) is 0 Å². The van der Waals surface area contributed by atoms with Crippen molar-refractivity contribution in [3.8, 4) is 5.88 Å². The Bertz CT molecular complexity index is 288. The number of aromatic nitrogens is 1. The van der Waals surface area contributed by atoms with Gasteiger partial charge < -0.3 is 9.84 Å². The number of carboxylic acids is 1. The second kappa shape index (κ2) is 3.48. The van der Waals surface area contributed by atoms with Crippen molar-refractivity contribution >= 4 is 17.5 Å². The Morgan fingerprint density at radius 3 is 3.08 bits per heavy atom. The molecule has 0 saturated carbocycles. The van der Waals surface area contributed by atoms with Gasteiger partial charge in [-0.15, -0.1) is 0 Å². The van der Waals surface area contributed by atoms with Gasteiger partial charge in [0, 0.05) is 5.38 Å². The first-order chi connectivity index (χ1) is 5.66. The van der Waals surface area contributed by atoms with E-state index in [-0.39, 0.29) is 11.4 Å². The van der Waals surface area contributed by atoms with Gasteiger partial charge in [0.25, 0.3) is 0 Å². The van der Waals surface area contributed by atoms with E-state index in [0.29, 0.717) is 0 Å². The molecule has 0 aliphatic rings. The molecule has 0 spiro atoms. The van der Waals surface area contributed by atoms with Crippen LogP contribution in [-0.2, 0) is 4.79 Å². The van der Waals surface area contributed by atoms with Crippen LogP contribution >= 0.6 is 11.5 Å². The first-order valence-electron chi connectivity index (χ1n) is 3.02. The van der Waals surface area contributed by atoms with E-state index in [2.05, 4.69) is 9.11 Å². The van der Waals surface area contributed by atoms with E-state index >= 15 is 0 Å². The lowest BCUT2D eigenvalue weighted by molar-refractivity contribution is -0.143. The molecule has 0 aromatic carbocycles. The molecule has 1 aromatic heterocycles. The molecule has 1 atom stereocenters. The number of halogens is 1. The third-order valence-electron chi connectivity index (χ3n) is 1.25. The van der Waals surface area contributed by atoms with Crippen molar-refractivity contribution in [2.24, 2.45) is 0 Å². The first-order valence-corrected chi connectivity index (χ1v) is 3.85. The summed E-state index contributed by atoms with van der Waals surface area (Å²) in [5.41, 5.74) is -0.0324. The van der Waals surface area contributed by atoms with Crippen LogP contribution in [0, 0.1) is 0 Å². The molecule has 0 aliphatic carbocycles. The zero-order valence-corrected chi connectivity index (χ0v) is 6.97.